The Balaban J connectivity index is 1.07. The molecule has 3 saturated heterocycles. The fraction of sp³-hybridized carbons (Fsp3) is 0.436. The standard InChI is InChI=1S/C39H44Cl2N8O5/c1-54-33-10-7-27(34-43-45-46-44-34)23-30(33)35(50)49-22-14-38(25-49,29-8-9-31(40)32(41)24-29)13-19-47-20-15-39(16-21-47,28-5-3-2-4-6-28)42-37(53)48-17-11-26(12-18-48)36(51)52/h2-10,23-24,26H,11-22,25H2,1H3,(H,42,53)(H,51,52)(H,43,44,45,46). The van der Waals surface area contributed by atoms with Gasteiger partial charge in [-0.3, -0.25) is 9.59 Å². The number of rotatable bonds is 10. The number of urea groups is 1. The van der Waals surface area contributed by atoms with E-state index in [2.05, 4.69) is 43.0 Å². The zero-order valence-electron chi connectivity index (χ0n) is 30.1. The summed E-state index contributed by atoms with van der Waals surface area (Å²) in [5.41, 5.74) is 2.28. The van der Waals surface area contributed by atoms with Gasteiger partial charge in [0.2, 0.25) is 0 Å². The third-order valence-electron chi connectivity index (χ3n) is 11.6. The van der Waals surface area contributed by atoms with Crippen molar-refractivity contribution in [3.8, 4) is 17.1 Å². The summed E-state index contributed by atoms with van der Waals surface area (Å²) in [7, 11) is 1.55. The van der Waals surface area contributed by atoms with Crippen LogP contribution < -0.4 is 10.1 Å². The van der Waals surface area contributed by atoms with E-state index in [9.17, 15) is 19.5 Å². The first-order chi connectivity index (χ1) is 26.1. The zero-order valence-corrected chi connectivity index (χ0v) is 31.7. The maximum absolute atomic E-state index is 14.2. The molecule has 15 heteroatoms. The molecule has 3 aliphatic heterocycles. The van der Waals surface area contributed by atoms with Gasteiger partial charge < -0.3 is 29.9 Å². The van der Waals surface area contributed by atoms with Crippen LogP contribution in [-0.2, 0) is 15.7 Å². The lowest BCUT2D eigenvalue weighted by Gasteiger charge is -2.45. The van der Waals surface area contributed by atoms with Gasteiger partial charge in [0.15, 0.2) is 5.82 Å². The van der Waals surface area contributed by atoms with Gasteiger partial charge in [0.1, 0.15) is 5.75 Å². The summed E-state index contributed by atoms with van der Waals surface area (Å²) < 4.78 is 5.61. The number of benzene rings is 3. The number of carboxylic acid groups (broad SMARTS) is 1. The molecule has 0 radical (unpaired) electrons. The van der Waals surface area contributed by atoms with Crippen LogP contribution in [0.5, 0.6) is 5.75 Å². The maximum Gasteiger partial charge on any atom is 0.318 e. The molecule has 7 rings (SSSR count). The normalized spacial score (nSPS) is 20.5. The fourth-order valence-electron chi connectivity index (χ4n) is 8.32. The van der Waals surface area contributed by atoms with Gasteiger partial charge in [0.05, 0.1) is 34.2 Å². The molecule has 4 aromatic rings. The van der Waals surface area contributed by atoms with Gasteiger partial charge in [-0.2, -0.15) is 0 Å². The van der Waals surface area contributed by atoms with Crippen LogP contribution in [0.2, 0.25) is 10.0 Å². The Labute approximate surface area is 323 Å². The molecule has 0 bridgehead atoms. The van der Waals surface area contributed by atoms with Crippen molar-refractivity contribution in [2.24, 2.45) is 5.92 Å². The Morgan fingerprint density at radius 2 is 1.67 bits per heavy atom. The van der Waals surface area contributed by atoms with Gasteiger partial charge in [0.25, 0.3) is 5.91 Å². The highest BCUT2D eigenvalue weighted by molar-refractivity contribution is 6.42. The fourth-order valence-corrected chi connectivity index (χ4v) is 8.61. The van der Waals surface area contributed by atoms with Crippen LogP contribution in [-0.4, -0.2) is 111 Å². The molecule has 13 nitrogen and oxygen atoms in total. The number of hydrogen-bond donors (Lipinski definition) is 3. The van der Waals surface area contributed by atoms with Crippen LogP contribution >= 0.6 is 23.2 Å². The highest BCUT2D eigenvalue weighted by Gasteiger charge is 2.44. The lowest BCUT2D eigenvalue weighted by Crippen LogP contribution is -2.57. The van der Waals surface area contributed by atoms with Crippen LogP contribution in [0.1, 0.15) is 60.0 Å². The molecule has 1 atom stereocenters. The van der Waals surface area contributed by atoms with Crippen LogP contribution in [0, 0.1) is 5.92 Å². The Morgan fingerprint density at radius 3 is 2.33 bits per heavy atom. The number of carbonyl (C=O) groups excluding carboxylic acids is 2. The van der Waals surface area contributed by atoms with Crippen molar-refractivity contribution in [2.45, 2.75) is 49.5 Å². The molecule has 4 heterocycles. The summed E-state index contributed by atoms with van der Waals surface area (Å²) in [5, 5.41) is 27.9. The van der Waals surface area contributed by atoms with E-state index in [1.54, 1.807) is 24.1 Å². The number of halogens is 2. The minimum absolute atomic E-state index is 0.142. The molecule has 0 aliphatic carbocycles. The molecular weight excluding hydrogens is 731 g/mol. The number of tetrazole rings is 1. The first kappa shape index (κ1) is 37.6. The number of ether oxygens (including phenoxy) is 1. The number of carboxylic acids is 1. The number of aromatic amines is 1. The van der Waals surface area contributed by atoms with Crippen molar-refractivity contribution in [1.82, 2.24) is 40.6 Å². The van der Waals surface area contributed by atoms with Crippen molar-refractivity contribution >= 4 is 41.1 Å². The smallest absolute Gasteiger partial charge is 0.318 e. The number of nitrogens with one attached hydrogen (secondary N) is 2. The Hall–Kier alpha value is -4.72. The monoisotopic (exact) mass is 774 g/mol. The molecular formula is C39H44Cl2N8O5. The van der Waals surface area contributed by atoms with Gasteiger partial charge in [0, 0.05) is 50.2 Å². The molecule has 1 aromatic heterocycles. The molecule has 3 amide bonds. The highest BCUT2D eigenvalue weighted by Crippen LogP contribution is 2.42. The van der Waals surface area contributed by atoms with Gasteiger partial charge in [-0.05, 0) is 97.0 Å². The van der Waals surface area contributed by atoms with E-state index in [1.807, 2.05) is 47.4 Å². The van der Waals surface area contributed by atoms with Crippen LogP contribution in [0.4, 0.5) is 4.79 Å². The van der Waals surface area contributed by atoms with E-state index in [1.165, 1.54) is 0 Å². The summed E-state index contributed by atoms with van der Waals surface area (Å²) in [6.45, 7) is 4.18. The quantitative estimate of drug-likeness (QED) is 0.180. The number of nitrogens with zero attached hydrogens (tertiary/aromatic N) is 6. The molecule has 3 aromatic carbocycles. The van der Waals surface area contributed by atoms with E-state index < -0.39 is 17.4 Å². The third-order valence-corrected chi connectivity index (χ3v) is 12.4. The minimum atomic E-state index is -0.798. The number of methoxy groups -OCH3 is 1. The van der Waals surface area contributed by atoms with Crippen molar-refractivity contribution in [1.29, 1.82) is 0 Å². The van der Waals surface area contributed by atoms with Crippen LogP contribution in [0.15, 0.2) is 66.7 Å². The van der Waals surface area contributed by atoms with Gasteiger partial charge in [-0.25, -0.2) is 9.89 Å². The summed E-state index contributed by atoms with van der Waals surface area (Å²) in [6, 6.07) is 21.1. The number of aliphatic carboxylic acids is 1. The SMILES string of the molecule is COc1ccc(-c2nnn[nH]2)cc1C(=O)N1CCC(CCN2CCC(NC(=O)N3CCC(C(=O)O)CC3)(c3ccccc3)CC2)(c2ccc(Cl)c(Cl)c2)C1. The number of hydrogen-bond acceptors (Lipinski definition) is 8. The van der Waals surface area contributed by atoms with Crippen molar-refractivity contribution in [2.75, 3.05) is 52.9 Å². The average Bonchev–Trinajstić information content (AvgIpc) is 3.91. The number of amides is 3. The van der Waals surface area contributed by atoms with Crippen molar-refractivity contribution in [3.05, 3.63) is 93.5 Å². The van der Waals surface area contributed by atoms with Crippen LogP contribution in [0.25, 0.3) is 11.4 Å². The summed E-state index contributed by atoms with van der Waals surface area (Å²) in [6.07, 6.45) is 3.86. The highest BCUT2D eigenvalue weighted by atomic mass is 35.5. The second-order valence-electron chi connectivity index (χ2n) is 14.6. The Bertz CT molecular complexity index is 1970. The third kappa shape index (κ3) is 7.75. The topological polar surface area (TPSA) is 157 Å². The van der Waals surface area contributed by atoms with E-state index in [0.29, 0.717) is 71.8 Å². The first-order valence-corrected chi connectivity index (χ1v) is 19.1. The number of aromatic nitrogens is 4. The lowest BCUT2D eigenvalue weighted by molar-refractivity contribution is -0.143. The maximum atomic E-state index is 14.2. The van der Waals surface area contributed by atoms with E-state index in [0.717, 1.165) is 56.4 Å². The minimum Gasteiger partial charge on any atom is -0.496 e. The van der Waals surface area contributed by atoms with Crippen molar-refractivity contribution < 1.29 is 24.2 Å². The number of likely N-dealkylation sites (tertiary alicyclic amines) is 3. The van der Waals surface area contributed by atoms with E-state index in [-0.39, 0.29) is 17.4 Å². The molecule has 3 fully saturated rings. The van der Waals surface area contributed by atoms with Gasteiger partial charge in [-0.1, -0.05) is 59.6 Å². The molecule has 284 valence electrons. The van der Waals surface area contributed by atoms with Crippen LogP contribution in [0.3, 0.4) is 0 Å². The van der Waals surface area contributed by atoms with Crippen molar-refractivity contribution in [3.63, 3.8) is 0 Å². The number of H-pyrrole nitrogens is 1. The average molecular weight is 776 g/mol. The molecule has 3 N–H and O–H groups in total. The second-order valence-corrected chi connectivity index (χ2v) is 15.4. The molecule has 0 saturated carbocycles. The lowest BCUT2D eigenvalue weighted by atomic mass is 9.76. The van der Waals surface area contributed by atoms with Gasteiger partial charge in [-0.15, -0.1) is 5.10 Å². The molecule has 0 spiro atoms. The first-order valence-electron chi connectivity index (χ1n) is 18.3. The number of carbonyl (C=O) groups is 3. The van der Waals surface area contributed by atoms with E-state index in [4.69, 9.17) is 27.9 Å². The summed E-state index contributed by atoms with van der Waals surface area (Å²) in [4.78, 5) is 45.4. The van der Waals surface area contributed by atoms with E-state index >= 15 is 0 Å². The Kier molecular flexibility index (Phi) is 11.1. The number of piperidine rings is 2. The Morgan fingerprint density at radius 1 is 0.907 bits per heavy atom. The second kappa shape index (κ2) is 15.9. The summed E-state index contributed by atoms with van der Waals surface area (Å²) >= 11 is 13.0. The van der Waals surface area contributed by atoms with Gasteiger partial charge >= 0.3 is 12.0 Å². The largest absolute Gasteiger partial charge is 0.496 e. The zero-order chi connectivity index (χ0) is 37.9. The predicted molar refractivity (Wildman–Crippen MR) is 204 cm³/mol. The predicted octanol–water partition coefficient (Wildman–Crippen LogP) is 5.85. The molecule has 3 aliphatic rings. The molecule has 1 unspecified atom stereocenters. The molecule has 54 heavy (non-hydrogen) atoms. The summed E-state index contributed by atoms with van der Waals surface area (Å²) in [5.74, 6) is -0.425.